The summed E-state index contributed by atoms with van der Waals surface area (Å²) in [6, 6.07) is 20.3. The summed E-state index contributed by atoms with van der Waals surface area (Å²) < 4.78 is 42.4. The molecule has 1 heterocycles. The smallest absolute Gasteiger partial charge is 0.406 e. The van der Waals surface area contributed by atoms with Gasteiger partial charge >= 0.3 is 12.4 Å². The first-order chi connectivity index (χ1) is 18.7. The summed E-state index contributed by atoms with van der Waals surface area (Å²) in [7, 11) is 0. The Morgan fingerprint density at radius 3 is 2.44 bits per heavy atom. The first-order valence-corrected chi connectivity index (χ1v) is 12.4. The van der Waals surface area contributed by atoms with Gasteiger partial charge in [-0.25, -0.2) is 14.5 Å². The fourth-order valence-corrected chi connectivity index (χ4v) is 3.85. The van der Waals surface area contributed by atoms with E-state index < -0.39 is 6.36 Å². The number of para-hydroxylation sites is 1. The van der Waals surface area contributed by atoms with Crippen molar-refractivity contribution in [3.63, 3.8) is 0 Å². The zero-order chi connectivity index (χ0) is 27.8. The number of alkyl halides is 3. The van der Waals surface area contributed by atoms with Crippen LogP contribution in [-0.4, -0.2) is 38.8 Å². The van der Waals surface area contributed by atoms with E-state index in [2.05, 4.69) is 30.8 Å². The Morgan fingerprint density at radius 2 is 1.74 bits per heavy atom. The molecule has 2 amide bonds. The maximum atomic E-state index is 12.3. The van der Waals surface area contributed by atoms with Crippen molar-refractivity contribution in [1.29, 1.82) is 0 Å². The van der Waals surface area contributed by atoms with Gasteiger partial charge in [0, 0.05) is 17.8 Å². The lowest BCUT2D eigenvalue weighted by atomic mass is 10.1. The summed E-state index contributed by atoms with van der Waals surface area (Å²) in [6.45, 7) is 2.42. The Kier molecular flexibility index (Phi) is 8.77. The Bertz CT molecular complexity index is 1420. The minimum atomic E-state index is -4.74. The van der Waals surface area contributed by atoms with Gasteiger partial charge in [-0.2, -0.15) is 0 Å². The van der Waals surface area contributed by atoms with Crippen LogP contribution in [0, 0.1) is 6.92 Å². The highest BCUT2D eigenvalue weighted by molar-refractivity contribution is 7.80. The van der Waals surface area contributed by atoms with Crippen molar-refractivity contribution in [3.05, 3.63) is 90.3 Å². The van der Waals surface area contributed by atoms with Gasteiger partial charge in [-0.3, -0.25) is 5.32 Å². The van der Waals surface area contributed by atoms with Gasteiger partial charge < -0.3 is 15.4 Å². The number of hydrogen-bond donors (Lipinski definition) is 3. The molecular weight excluding hydrogens is 529 g/mol. The van der Waals surface area contributed by atoms with E-state index in [9.17, 15) is 18.0 Å². The zero-order valence-corrected chi connectivity index (χ0v) is 21.6. The molecule has 0 fully saturated rings. The van der Waals surface area contributed by atoms with E-state index in [-0.39, 0.29) is 16.9 Å². The number of thiocarbonyl (C=S) groups is 1. The van der Waals surface area contributed by atoms with Crippen LogP contribution >= 0.6 is 12.2 Å². The minimum absolute atomic E-state index is 0.223. The van der Waals surface area contributed by atoms with Crippen molar-refractivity contribution < 1.29 is 22.7 Å². The Morgan fingerprint density at radius 1 is 1.03 bits per heavy atom. The van der Waals surface area contributed by atoms with Crippen LogP contribution in [0.1, 0.15) is 17.5 Å². The van der Waals surface area contributed by atoms with Gasteiger partial charge in [0.15, 0.2) is 10.9 Å². The van der Waals surface area contributed by atoms with Gasteiger partial charge in [-0.15, -0.1) is 18.3 Å². The molecule has 0 unspecified atom stereocenters. The Hall–Kier alpha value is -4.45. The van der Waals surface area contributed by atoms with E-state index in [0.717, 1.165) is 35.2 Å². The predicted molar refractivity (Wildman–Crippen MR) is 146 cm³/mol. The van der Waals surface area contributed by atoms with E-state index in [1.807, 2.05) is 55.5 Å². The highest BCUT2D eigenvalue weighted by Gasteiger charge is 2.31. The number of amides is 2. The van der Waals surface area contributed by atoms with Crippen LogP contribution in [-0.2, 0) is 6.42 Å². The number of halogens is 3. The number of anilines is 1. The fourth-order valence-electron chi connectivity index (χ4n) is 3.65. The normalized spacial score (nSPS) is 11.1. The number of aryl methyl sites for hydroxylation is 2. The van der Waals surface area contributed by atoms with Gasteiger partial charge in [0.1, 0.15) is 12.1 Å². The largest absolute Gasteiger partial charge is 0.573 e. The first kappa shape index (κ1) is 27.6. The number of benzene rings is 3. The van der Waals surface area contributed by atoms with E-state index in [1.54, 1.807) is 0 Å². The number of nitrogens with one attached hydrogen (secondary N) is 3. The standard InChI is InChI=1S/C27H25F3N6O2S/c1-18-5-2-3-7-23(18)33-26(39)34-25(37)31-16-4-6-19-8-10-20(11-9-19)24-32-17-36(35-24)21-12-14-22(15-13-21)38-27(28,29)30/h2-3,5,7-15,17H,4,6,16H2,1H3,(H3,31,33,34,37,39). The molecule has 3 N–H and O–H groups in total. The van der Waals surface area contributed by atoms with Gasteiger partial charge in [-0.1, -0.05) is 42.5 Å². The second-order valence-corrected chi connectivity index (χ2v) is 8.91. The molecule has 3 aromatic carbocycles. The summed E-state index contributed by atoms with van der Waals surface area (Å²) in [6.07, 6.45) is -1.78. The van der Waals surface area contributed by atoms with E-state index >= 15 is 0 Å². The van der Waals surface area contributed by atoms with Crippen molar-refractivity contribution in [2.24, 2.45) is 0 Å². The summed E-state index contributed by atoms with van der Waals surface area (Å²) >= 11 is 5.19. The number of aromatic nitrogens is 3. The molecule has 0 saturated carbocycles. The SMILES string of the molecule is Cc1ccccc1NC(=S)NC(=O)NCCCc1ccc(-c2ncn(-c3ccc(OC(F)(F)F)cc3)n2)cc1. The third-order valence-corrected chi connectivity index (χ3v) is 5.79. The van der Waals surface area contributed by atoms with Gasteiger partial charge in [0.25, 0.3) is 0 Å². The first-order valence-electron chi connectivity index (χ1n) is 11.9. The van der Waals surface area contributed by atoms with Crippen LogP contribution in [0.2, 0.25) is 0 Å². The number of ether oxygens (including phenoxy) is 1. The molecule has 4 aromatic rings. The van der Waals surface area contributed by atoms with Crippen LogP contribution < -0.4 is 20.7 Å². The Balaban J connectivity index is 1.21. The van der Waals surface area contributed by atoms with Crippen molar-refractivity contribution >= 4 is 29.0 Å². The quantitative estimate of drug-likeness (QED) is 0.189. The molecule has 0 bridgehead atoms. The average Bonchev–Trinajstić information content (AvgIpc) is 3.38. The maximum Gasteiger partial charge on any atom is 0.573 e. The predicted octanol–water partition coefficient (Wildman–Crippen LogP) is 5.77. The molecule has 39 heavy (non-hydrogen) atoms. The molecule has 0 saturated heterocycles. The molecule has 0 aliphatic carbocycles. The summed E-state index contributed by atoms with van der Waals surface area (Å²) in [5.41, 5.74) is 4.27. The van der Waals surface area contributed by atoms with Crippen LogP contribution in [0.3, 0.4) is 0 Å². The molecule has 0 spiro atoms. The van der Waals surface area contributed by atoms with Crippen molar-refractivity contribution in [3.8, 4) is 22.8 Å². The molecular formula is C27H25F3N6O2S. The zero-order valence-electron chi connectivity index (χ0n) is 20.8. The molecule has 8 nitrogen and oxygen atoms in total. The highest BCUT2D eigenvalue weighted by atomic mass is 32.1. The molecule has 0 atom stereocenters. The van der Waals surface area contributed by atoms with Crippen LogP contribution in [0.5, 0.6) is 5.75 Å². The number of rotatable bonds is 8. The highest BCUT2D eigenvalue weighted by Crippen LogP contribution is 2.24. The van der Waals surface area contributed by atoms with E-state index in [1.165, 1.54) is 35.3 Å². The summed E-state index contributed by atoms with van der Waals surface area (Å²) in [5.74, 6) is 0.169. The van der Waals surface area contributed by atoms with Gasteiger partial charge in [-0.05, 0) is 73.4 Å². The number of carbonyl (C=O) groups is 1. The van der Waals surface area contributed by atoms with E-state index in [0.29, 0.717) is 18.1 Å². The maximum absolute atomic E-state index is 12.3. The lowest BCUT2D eigenvalue weighted by molar-refractivity contribution is -0.274. The molecule has 202 valence electrons. The minimum Gasteiger partial charge on any atom is -0.406 e. The summed E-state index contributed by atoms with van der Waals surface area (Å²) in [4.78, 5) is 16.4. The third kappa shape index (κ3) is 8.27. The topological polar surface area (TPSA) is 93.1 Å². The van der Waals surface area contributed by atoms with Crippen LogP contribution in [0.15, 0.2) is 79.1 Å². The van der Waals surface area contributed by atoms with Gasteiger partial charge in [0.2, 0.25) is 0 Å². The van der Waals surface area contributed by atoms with Crippen molar-refractivity contribution in [2.75, 3.05) is 11.9 Å². The third-order valence-electron chi connectivity index (χ3n) is 5.59. The molecule has 1 aromatic heterocycles. The number of urea groups is 1. The number of hydrogen-bond acceptors (Lipinski definition) is 5. The second kappa shape index (κ2) is 12.4. The monoisotopic (exact) mass is 554 g/mol. The van der Waals surface area contributed by atoms with Crippen molar-refractivity contribution in [1.82, 2.24) is 25.4 Å². The summed E-state index contributed by atoms with van der Waals surface area (Å²) in [5, 5.41) is 13.0. The van der Waals surface area contributed by atoms with Crippen molar-refractivity contribution in [2.45, 2.75) is 26.1 Å². The lowest BCUT2D eigenvalue weighted by Crippen LogP contribution is -2.42. The van der Waals surface area contributed by atoms with E-state index in [4.69, 9.17) is 12.2 Å². The Labute approximate surface area is 228 Å². The molecule has 12 heteroatoms. The fraction of sp³-hybridized carbons (Fsp3) is 0.185. The van der Waals surface area contributed by atoms with Gasteiger partial charge in [0.05, 0.1) is 5.69 Å². The molecule has 4 rings (SSSR count). The molecule has 0 radical (unpaired) electrons. The number of carbonyl (C=O) groups excluding carboxylic acids is 1. The van der Waals surface area contributed by atoms with Crippen LogP contribution in [0.4, 0.5) is 23.7 Å². The molecule has 0 aliphatic heterocycles. The molecule has 0 aliphatic rings. The lowest BCUT2D eigenvalue weighted by Gasteiger charge is -2.12. The van der Waals surface area contributed by atoms with Crippen LogP contribution in [0.25, 0.3) is 17.1 Å². The number of nitrogens with zero attached hydrogens (tertiary/aromatic N) is 3. The average molecular weight is 555 g/mol. The second-order valence-electron chi connectivity index (χ2n) is 8.50.